The van der Waals surface area contributed by atoms with Gasteiger partial charge in [0.15, 0.2) is 5.78 Å². The van der Waals surface area contributed by atoms with Gasteiger partial charge in [0, 0.05) is 18.9 Å². The van der Waals surface area contributed by atoms with Gasteiger partial charge in [0.2, 0.25) is 0 Å². The second kappa shape index (κ2) is 8.44. The summed E-state index contributed by atoms with van der Waals surface area (Å²) in [5, 5.41) is 0. The minimum Gasteiger partial charge on any atom is -0.372 e. The summed E-state index contributed by atoms with van der Waals surface area (Å²) in [5.74, 6) is 0.0561. The number of imidazole rings is 1. The maximum atomic E-state index is 10.5. The van der Waals surface area contributed by atoms with Crippen molar-refractivity contribution in [2.45, 2.75) is 27.3 Å². The molecular weight excluding hydrogens is 180 g/mol. The number of Topliss-reactive ketones (excluding diaryl/α,β-unsaturated/α-hetero) is 1. The maximum absolute atomic E-state index is 10.5. The van der Waals surface area contributed by atoms with Crippen molar-refractivity contribution in [3.63, 3.8) is 0 Å². The highest BCUT2D eigenvalue weighted by atomic mass is 16.5. The van der Waals surface area contributed by atoms with Gasteiger partial charge in [-0.1, -0.05) is 13.8 Å². The number of rotatable bonds is 5. The van der Waals surface area contributed by atoms with Crippen LogP contribution in [-0.4, -0.2) is 28.5 Å². The fraction of sp³-hybridized carbons (Fsp3) is 0.600. The highest BCUT2D eigenvalue weighted by Crippen LogP contribution is 1.86. The fourth-order valence-corrected chi connectivity index (χ4v) is 0.805. The van der Waals surface area contributed by atoms with Crippen molar-refractivity contribution >= 4 is 5.78 Å². The number of hydrogen-bond acceptors (Lipinski definition) is 3. The molecule has 1 aromatic heterocycles. The molecule has 1 rings (SSSR count). The van der Waals surface area contributed by atoms with Crippen molar-refractivity contribution in [2.75, 3.05) is 13.2 Å². The molecule has 80 valence electrons. The lowest BCUT2D eigenvalue weighted by Gasteiger charge is -2.01. The van der Waals surface area contributed by atoms with Crippen LogP contribution in [0.25, 0.3) is 0 Å². The summed E-state index contributed by atoms with van der Waals surface area (Å²) >= 11 is 0. The number of ketones is 1. The van der Waals surface area contributed by atoms with Crippen LogP contribution in [0.2, 0.25) is 0 Å². The molecule has 0 radical (unpaired) electrons. The standard InChI is InChI=1S/C8H12N2O2.C2H6/c1-8(11)6-12-5-4-10-3-2-9-7-10;1-2/h2-3,7H,4-6H2,1H3;1-2H3. The predicted octanol–water partition coefficient (Wildman–Crippen LogP) is 1.51. The molecule has 0 saturated carbocycles. The summed E-state index contributed by atoms with van der Waals surface area (Å²) in [7, 11) is 0. The first-order valence-corrected chi connectivity index (χ1v) is 4.82. The molecule has 4 nitrogen and oxygen atoms in total. The number of carbonyl (C=O) groups is 1. The van der Waals surface area contributed by atoms with Crippen LogP contribution in [0.3, 0.4) is 0 Å². The van der Waals surface area contributed by atoms with Crippen molar-refractivity contribution in [2.24, 2.45) is 0 Å². The average molecular weight is 198 g/mol. The topological polar surface area (TPSA) is 44.1 Å². The Balaban J connectivity index is 0.000000791. The Bertz CT molecular complexity index is 232. The quantitative estimate of drug-likeness (QED) is 0.674. The first-order chi connectivity index (χ1) is 6.79. The highest BCUT2D eigenvalue weighted by Gasteiger charge is 1.93. The molecule has 0 amide bonds. The lowest BCUT2D eigenvalue weighted by Crippen LogP contribution is -2.09. The Morgan fingerprint density at radius 1 is 1.50 bits per heavy atom. The predicted molar refractivity (Wildman–Crippen MR) is 55.1 cm³/mol. The van der Waals surface area contributed by atoms with E-state index in [1.165, 1.54) is 6.92 Å². The fourth-order valence-electron chi connectivity index (χ4n) is 0.805. The van der Waals surface area contributed by atoms with Crippen LogP contribution in [0, 0.1) is 0 Å². The van der Waals surface area contributed by atoms with Gasteiger partial charge < -0.3 is 9.30 Å². The average Bonchev–Trinajstić information content (AvgIpc) is 2.68. The number of carbonyl (C=O) groups excluding carboxylic acids is 1. The summed E-state index contributed by atoms with van der Waals surface area (Å²) in [6.45, 7) is 7.01. The van der Waals surface area contributed by atoms with E-state index in [4.69, 9.17) is 4.74 Å². The Hall–Kier alpha value is -1.16. The van der Waals surface area contributed by atoms with E-state index in [9.17, 15) is 4.79 Å². The van der Waals surface area contributed by atoms with Crippen LogP contribution >= 0.6 is 0 Å². The van der Waals surface area contributed by atoms with Gasteiger partial charge in [0.1, 0.15) is 6.61 Å². The van der Waals surface area contributed by atoms with Crippen molar-refractivity contribution in [1.82, 2.24) is 9.55 Å². The van der Waals surface area contributed by atoms with Gasteiger partial charge in [-0.2, -0.15) is 0 Å². The molecule has 0 aliphatic heterocycles. The second-order valence-electron chi connectivity index (χ2n) is 2.56. The van der Waals surface area contributed by atoms with Crippen LogP contribution in [0.15, 0.2) is 18.7 Å². The third-order valence-corrected chi connectivity index (χ3v) is 1.36. The van der Waals surface area contributed by atoms with Crippen LogP contribution < -0.4 is 0 Å². The summed E-state index contributed by atoms with van der Waals surface area (Å²) in [6.07, 6.45) is 5.29. The zero-order valence-electron chi connectivity index (χ0n) is 9.06. The Morgan fingerprint density at radius 2 is 2.21 bits per heavy atom. The molecule has 0 aliphatic rings. The summed E-state index contributed by atoms with van der Waals surface area (Å²) in [6, 6.07) is 0. The van der Waals surface area contributed by atoms with Crippen LogP contribution in [0.1, 0.15) is 20.8 Å². The molecule has 0 spiro atoms. The van der Waals surface area contributed by atoms with E-state index < -0.39 is 0 Å². The van der Waals surface area contributed by atoms with Crippen LogP contribution in [0.4, 0.5) is 0 Å². The van der Waals surface area contributed by atoms with E-state index in [1.54, 1.807) is 12.5 Å². The van der Waals surface area contributed by atoms with E-state index in [-0.39, 0.29) is 12.4 Å². The van der Waals surface area contributed by atoms with Gasteiger partial charge in [-0.25, -0.2) is 4.98 Å². The first-order valence-electron chi connectivity index (χ1n) is 4.82. The molecule has 0 saturated heterocycles. The summed E-state index contributed by atoms with van der Waals surface area (Å²) in [5.41, 5.74) is 0. The Kier molecular flexibility index (Phi) is 7.74. The minimum atomic E-state index is 0.0561. The monoisotopic (exact) mass is 198 g/mol. The lowest BCUT2D eigenvalue weighted by atomic mass is 10.5. The summed E-state index contributed by atoms with van der Waals surface area (Å²) < 4.78 is 6.97. The molecule has 0 atom stereocenters. The van der Waals surface area contributed by atoms with Gasteiger partial charge in [-0.3, -0.25) is 4.79 Å². The number of hydrogen-bond donors (Lipinski definition) is 0. The van der Waals surface area contributed by atoms with Crippen molar-refractivity contribution < 1.29 is 9.53 Å². The molecule has 14 heavy (non-hydrogen) atoms. The largest absolute Gasteiger partial charge is 0.372 e. The van der Waals surface area contributed by atoms with Gasteiger partial charge in [0.05, 0.1) is 12.9 Å². The molecular formula is C10H18N2O2. The SMILES string of the molecule is CC.CC(=O)COCCn1ccnc1. The molecule has 4 heteroatoms. The lowest BCUT2D eigenvalue weighted by molar-refractivity contribution is -0.121. The minimum absolute atomic E-state index is 0.0561. The number of aromatic nitrogens is 2. The molecule has 0 aliphatic carbocycles. The molecule has 0 aromatic carbocycles. The van der Waals surface area contributed by atoms with Gasteiger partial charge >= 0.3 is 0 Å². The van der Waals surface area contributed by atoms with Crippen LogP contribution in [-0.2, 0) is 16.1 Å². The van der Waals surface area contributed by atoms with Crippen molar-refractivity contribution in [1.29, 1.82) is 0 Å². The molecule has 0 unspecified atom stereocenters. The third kappa shape index (κ3) is 6.37. The summed E-state index contributed by atoms with van der Waals surface area (Å²) in [4.78, 5) is 14.3. The van der Waals surface area contributed by atoms with E-state index in [2.05, 4.69) is 4.98 Å². The van der Waals surface area contributed by atoms with Gasteiger partial charge in [-0.15, -0.1) is 0 Å². The third-order valence-electron chi connectivity index (χ3n) is 1.36. The zero-order valence-corrected chi connectivity index (χ0v) is 9.06. The van der Waals surface area contributed by atoms with E-state index in [1.807, 2.05) is 24.6 Å². The second-order valence-corrected chi connectivity index (χ2v) is 2.56. The van der Waals surface area contributed by atoms with Crippen LogP contribution in [0.5, 0.6) is 0 Å². The maximum Gasteiger partial charge on any atom is 0.155 e. The Labute approximate surface area is 84.9 Å². The van der Waals surface area contributed by atoms with Gasteiger partial charge in [0.25, 0.3) is 0 Å². The number of ether oxygens (including phenoxy) is 1. The molecule has 0 N–H and O–H groups in total. The first kappa shape index (κ1) is 12.8. The van der Waals surface area contributed by atoms with E-state index in [0.717, 1.165) is 6.54 Å². The van der Waals surface area contributed by atoms with Crippen molar-refractivity contribution in [3.05, 3.63) is 18.7 Å². The molecule has 0 fully saturated rings. The molecule has 0 bridgehead atoms. The van der Waals surface area contributed by atoms with E-state index >= 15 is 0 Å². The Morgan fingerprint density at radius 3 is 2.71 bits per heavy atom. The highest BCUT2D eigenvalue weighted by molar-refractivity contribution is 5.76. The van der Waals surface area contributed by atoms with E-state index in [0.29, 0.717) is 6.61 Å². The molecule has 1 heterocycles. The normalized spacial score (nSPS) is 9.07. The van der Waals surface area contributed by atoms with Gasteiger partial charge in [-0.05, 0) is 6.92 Å². The smallest absolute Gasteiger partial charge is 0.155 e. The number of nitrogens with zero attached hydrogens (tertiary/aromatic N) is 2. The molecule has 1 aromatic rings. The zero-order chi connectivity index (χ0) is 10.8. The van der Waals surface area contributed by atoms with Crippen molar-refractivity contribution in [3.8, 4) is 0 Å².